The number of benzene rings is 3. The number of carbonyl (C=O) groups excluding carboxylic acids is 2. The molecule has 3 atom stereocenters. The van der Waals surface area contributed by atoms with E-state index in [2.05, 4.69) is 60.3 Å². The lowest BCUT2D eigenvalue weighted by Gasteiger charge is -2.42. The van der Waals surface area contributed by atoms with E-state index >= 15 is 4.39 Å². The molecule has 0 radical (unpaired) electrons. The number of nitrogens with zero attached hydrogens (tertiary/aromatic N) is 3. The number of fused-ring (bicyclic) bond motifs is 1. The van der Waals surface area contributed by atoms with Crippen molar-refractivity contribution in [3.63, 3.8) is 0 Å². The fourth-order valence-electron chi connectivity index (χ4n) is 6.94. The minimum absolute atomic E-state index is 0.107. The van der Waals surface area contributed by atoms with Crippen LogP contribution in [0.2, 0.25) is 5.02 Å². The summed E-state index contributed by atoms with van der Waals surface area (Å²) in [5.74, 6) is -0.497. The van der Waals surface area contributed by atoms with Gasteiger partial charge in [0.05, 0.1) is 12.1 Å². The summed E-state index contributed by atoms with van der Waals surface area (Å²) in [5.41, 5.74) is 3.54. The third-order valence-corrected chi connectivity index (χ3v) is 9.84. The number of hydrogen-bond donors (Lipinski definition) is 2. The third kappa shape index (κ3) is 7.97. The minimum atomic E-state index is -0.736. The van der Waals surface area contributed by atoms with Crippen molar-refractivity contribution >= 4 is 23.4 Å². The minimum Gasteiger partial charge on any atom is -0.343 e. The molecule has 0 spiro atoms. The Bertz CT molecular complexity index is 1490. The van der Waals surface area contributed by atoms with Crippen LogP contribution in [-0.2, 0) is 28.0 Å². The summed E-state index contributed by atoms with van der Waals surface area (Å²) in [6.07, 6.45) is 0.907. The standard InChI is InChI=1S/C37H47ClFN5O2/c1-5-42(6-2)25-34(29-12-8-10-14-31(29)39)43-19-21-44(22-20-43)36(46)33(23-26-15-17-28(38)18-16-26)40-35(45)32-24-27-11-7-9-13-30(27)37(3,4)41-32/h7-18,32-34,41H,5-6,19-25H2,1-4H3,(H,40,45)/t32-,33-,34?/m1/s1. The van der Waals surface area contributed by atoms with Gasteiger partial charge in [-0.05, 0) is 68.2 Å². The molecule has 246 valence electrons. The van der Waals surface area contributed by atoms with Crippen LogP contribution in [0.1, 0.15) is 56.0 Å². The molecule has 2 aliphatic heterocycles. The van der Waals surface area contributed by atoms with Crippen LogP contribution in [0.3, 0.4) is 0 Å². The Kier molecular flexibility index (Phi) is 11.2. The van der Waals surface area contributed by atoms with E-state index in [-0.39, 0.29) is 29.2 Å². The molecule has 0 bridgehead atoms. The highest BCUT2D eigenvalue weighted by Gasteiger charge is 2.38. The van der Waals surface area contributed by atoms with Crippen molar-refractivity contribution < 1.29 is 14.0 Å². The normalized spacial score (nSPS) is 19.4. The first-order valence-corrected chi connectivity index (χ1v) is 16.9. The highest BCUT2D eigenvalue weighted by Crippen LogP contribution is 2.30. The molecule has 3 aromatic carbocycles. The van der Waals surface area contributed by atoms with Gasteiger partial charge in [0.2, 0.25) is 11.8 Å². The Morgan fingerprint density at radius 1 is 0.978 bits per heavy atom. The number of hydrogen-bond acceptors (Lipinski definition) is 5. The van der Waals surface area contributed by atoms with Gasteiger partial charge in [-0.2, -0.15) is 0 Å². The number of likely N-dealkylation sites (N-methyl/N-ethyl adjacent to an activating group) is 1. The zero-order valence-corrected chi connectivity index (χ0v) is 28.2. The molecule has 2 heterocycles. The Labute approximate surface area is 278 Å². The molecule has 1 fully saturated rings. The van der Waals surface area contributed by atoms with Crippen molar-refractivity contribution in [2.24, 2.45) is 0 Å². The first kappa shape index (κ1) is 34.0. The van der Waals surface area contributed by atoms with Crippen molar-refractivity contribution in [3.8, 4) is 0 Å². The third-order valence-electron chi connectivity index (χ3n) is 9.59. The topological polar surface area (TPSA) is 67.9 Å². The molecule has 46 heavy (non-hydrogen) atoms. The second kappa shape index (κ2) is 15.1. The zero-order valence-electron chi connectivity index (χ0n) is 27.4. The van der Waals surface area contributed by atoms with Crippen LogP contribution in [0.25, 0.3) is 0 Å². The van der Waals surface area contributed by atoms with Gasteiger partial charge in [0.15, 0.2) is 0 Å². The first-order chi connectivity index (χ1) is 22.1. The van der Waals surface area contributed by atoms with Crippen LogP contribution in [0.4, 0.5) is 4.39 Å². The van der Waals surface area contributed by atoms with Gasteiger partial charge in [-0.1, -0.05) is 80.0 Å². The number of nitrogens with one attached hydrogen (secondary N) is 2. The monoisotopic (exact) mass is 647 g/mol. The van der Waals surface area contributed by atoms with Crippen LogP contribution < -0.4 is 10.6 Å². The zero-order chi connectivity index (χ0) is 32.8. The van der Waals surface area contributed by atoms with Gasteiger partial charge in [-0.25, -0.2) is 4.39 Å². The van der Waals surface area contributed by atoms with E-state index < -0.39 is 12.1 Å². The Hall–Kier alpha value is -3.30. The van der Waals surface area contributed by atoms with E-state index in [0.29, 0.717) is 56.2 Å². The van der Waals surface area contributed by atoms with Crippen molar-refractivity contribution in [2.75, 3.05) is 45.8 Å². The van der Waals surface area contributed by atoms with Crippen molar-refractivity contribution in [3.05, 3.63) is 106 Å². The summed E-state index contributed by atoms with van der Waals surface area (Å²) in [6, 6.07) is 21.3. The molecule has 1 unspecified atom stereocenters. The number of halogens is 2. The molecule has 3 aromatic rings. The van der Waals surface area contributed by atoms with Crippen LogP contribution in [0, 0.1) is 5.82 Å². The number of carbonyl (C=O) groups is 2. The van der Waals surface area contributed by atoms with Crippen LogP contribution in [0.5, 0.6) is 0 Å². The second-order valence-corrected chi connectivity index (χ2v) is 13.4. The first-order valence-electron chi connectivity index (χ1n) is 16.5. The smallest absolute Gasteiger partial charge is 0.245 e. The number of amides is 2. The van der Waals surface area contributed by atoms with E-state index in [1.54, 1.807) is 18.2 Å². The van der Waals surface area contributed by atoms with Gasteiger partial charge in [0.1, 0.15) is 11.9 Å². The van der Waals surface area contributed by atoms with E-state index in [0.717, 1.165) is 24.2 Å². The lowest BCUT2D eigenvalue weighted by atomic mass is 9.82. The van der Waals surface area contributed by atoms with Crippen molar-refractivity contribution in [1.29, 1.82) is 0 Å². The maximum absolute atomic E-state index is 15.0. The quantitative estimate of drug-likeness (QED) is 0.300. The molecule has 7 nitrogen and oxygen atoms in total. The summed E-state index contributed by atoms with van der Waals surface area (Å²) in [6.45, 7) is 13.1. The predicted octanol–water partition coefficient (Wildman–Crippen LogP) is 5.18. The predicted molar refractivity (Wildman–Crippen MR) is 182 cm³/mol. The lowest BCUT2D eigenvalue weighted by Crippen LogP contribution is -2.60. The largest absolute Gasteiger partial charge is 0.343 e. The molecular weight excluding hydrogens is 601 g/mol. The van der Waals surface area contributed by atoms with Gasteiger partial charge in [0.25, 0.3) is 0 Å². The van der Waals surface area contributed by atoms with E-state index in [1.807, 2.05) is 41.3 Å². The summed E-state index contributed by atoms with van der Waals surface area (Å²) in [4.78, 5) is 34.4. The van der Waals surface area contributed by atoms with Gasteiger partial charge in [-0.15, -0.1) is 0 Å². The van der Waals surface area contributed by atoms with Gasteiger partial charge >= 0.3 is 0 Å². The summed E-state index contributed by atoms with van der Waals surface area (Å²) < 4.78 is 15.0. The van der Waals surface area contributed by atoms with Gasteiger partial charge in [0, 0.05) is 55.3 Å². The van der Waals surface area contributed by atoms with E-state index in [1.165, 1.54) is 11.6 Å². The lowest BCUT2D eigenvalue weighted by molar-refractivity contribution is -0.138. The average molecular weight is 648 g/mol. The van der Waals surface area contributed by atoms with Crippen LogP contribution in [-0.4, -0.2) is 84.4 Å². The van der Waals surface area contributed by atoms with Crippen LogP contribution in [0.15, 0.2) is 72.8 Å². The number of piperazine rings is 1. The molecule has 1 saturated heterocycles. The summed E-state index contributed by atoms with van der Waals surface area (Å²) in [5, 5.41) is 7.26. The molecule has 0 saturated carbocycles. The molecule has 2 amide bonds. The van der Waals surface area contributed by atoms with E-state index in [4.69, 9.17) is 11.6 Å². The maximum atomic E-state index is 15.0. The Morgan fingerprint density at radius 3 is 2.30 bits per heavy atom. The molecule has 0 aliphatic carbocycles. The van der Waals surface area contributed by atoms with Gasteiger partial charge < -0.3 is 15.1 Å². The molecular formula is C37H47ClFN5O2. The average Bonchev–Trinajstić information content (AvgIpc) is 3.06. The fraction of sp³-hybridized carbons (Fsp3) is 0.459. The number of rotatable bonds is 11. The highest BCUT2D eigenvalue weighted by molar-refractivity contribution is 6.30. The highest BCUT2D eigenvalue weighted by atomic mass is 35.5. The SMILES string of the molecule is CCN(CC)CC(c1ccccc1F)N1CCN(C(=O)[C@@H](Cc2ccc(Cl)cc2)NC(=O)[C@H]2Cc3ccccc3C(C)(C)N2)CC1. The summed E-state index contributed by atoms with van der Waals surface area (Å²) >= 11 is 6.15. The Balaban J connectivity index is 1.31. The maximum Gasteiger partial charge on any atom is 0.245 e. The van der Waals surface area contributed by atoms with Crippen molar-refractivity contribution in [2.45, 2.75) is 64.2 Å². The summed E-state index contributed by atoms with van der Waals surface area (Å²) in [7, 11) is 0. The molecule has 2 aliphatic rings. The molecule has 2 N–H and O–H groups in total. The fourth-order valence-corrected chi connectivity index (χ4v) is 7.06. The molecule has 9 heteroatoms. The van der Waals surface area contributed by atoms with Crippen LogP contribution >= 0.6 is 11.6 Å². The Morgan fingerprint density at radius 2 is 1.63 bits per heavy atom. The van der Waals surface area contributed by atoms with E-state index in [9.17, 15) is 9.59 Å². The molecule has 0 aromatic heterocycles. The van der Waals surface area contributed by atoms with Crippen molar-refractivity contribution in [1.82, 2.24) is 25.3 Å². The van der Waals surface area contributed by atoms with Gasteiger partial charge in [-0.3, -0.25) is 19.8 Å². The molecule has 5 rings (SSSR count). The second-order valence-electron chi connectivity index (χ2n) is 13.0.